The Kier molecular flexibility index (Phi) is 7.31. The molecule has 0 aromatic heterocycles. The van der Waals surface area contributed by atoms with Crippen molar-refractivity contribution < 1.29 is 30.6 Å². The smallest absolute Gasteiger partial charge is 0.485 e. The molecular weight excluding hydrogens is 283 g/mol. The van der Waals surface area contributed by atoms with Gasteiger partial charge in [0.1, 0.15) is 0 Å². The van der Waals surface area contributed by atoms with Crippen LogP contribution in [0.15, 0.2) is 0 Å². The Morgan fingerprint density at radius 3 is 1.89 bits per heavy atom. The van der Waals surface area contributed by atoms with Gasteiger partial charge in [-0.2, -0.15) is 13.2 Å². The van der Waals surface area contributed by atoms with E-state index in [9.17, 15) is 13.2 Å². The van der Waals surface area contributed by atoms with Crippen LogP contribution in [0.5, 0.6) is 0 Å². The summed E-state index contributed by atoms with van der Waals surface area (Å²) < 4.78 is 60.3. The van der Waals surface area contributed by atoms with E-state index in [1.165, 1.54) is 56.2 Å². The van der Waals surface area contributed by atoms with Gasteiger partial charge in [-0.25, -0.2) is 8.42 Å². The highest BCUT2D eigenvalue weighted by Gasteiger charge is 2.36. The molecule has 8 heteroatoms. The zero-order valence-electron chi connectivity index (χ0n) is 11.4. The maximum Gasteiger partial charge on any atom is 0.485 e. The molecule has 116 valence electrons. The van der Waals surface area contributed by atoms with Crippen LogP contribution in [0.1, 0.15) is 39.0 Å². The first-order valence-corrected chi connectivity index (χ1v) is 7.78. The van der Waals surface area contributed by atoms with Crippen LogP contribution in [0.25, 0.3) is 0 Å². The Morgan fingerprint density at radius 2 is 1.58 bits per heavy atom. The molecule has 0 amide bonds. The molecule has 0 radical (unpaired) electrons. The Bertz CT molecular complexity index is 349. The van der Waals surface area contributed by atoms with E-state index in [1.54, 1.807) is 0 Å². The molecule has 0 N–H and O–H groups in total. The van der Waals surface area contributed by atoms with Crippen molar-refractivity contribution in [2.24, 2.45) is 0 Å². The Morgan fingerprint density at radius 1 is 1.16 bits per heavy atom. The SMILES string of the molecule is CCCC[N+]1(C)CCCCC1.O=S(=O)([O-])C(F)(F)F. The molecular formula is C11H22F3NO3S. The van der Waals surface area contributed by atoms with Crippen molar-refractivity contribution in [3.05, 3.63) is 0 Å². The number of alkyl halides is 3. The second kappa shape index (κ2) is 7.44. The highest BCUT2D eigenvalue weighted by atomic mass is 32.2. The predicted octanol–water partition coefficient (Wildman–Crippen LogP) is 2.47. The van der Waals surface area contributed by atoms with Gasteiger partial charge in [-0.1, -0.05) is 13.3 Å². The molecule has 1 fully saturated rings. The van der Waals surface area contributed by atoms with Crippen molar-refractivity contribution in [3.63, 3.8) is 0 Å². The largest absolute Gasteiger partial charge is 0.741 e. The number of unbranched alkanes of at least 4 members (excludes halogenated alkanes) is 1. The van der Waals surface area contributed by atoms with E-state index in [-0.39, 0.29) is 0 Å². The number of nitrogens with zero attached hydrogens (tertiary/aromatic N) is 1. The number of halogens is 3. The number of rotatable bonds is 3. The average molecular weight is 305 g/mol. The third-order valence-electron chi connectivity index (χ3n) is 3.23. The van der Waals surface area contributed by atoms with Crippen LogP contribution in [0.2, 0.25) is 0 Å². The zero-order chi connectivity index (χ0) is 15.2. The summed E-state index contributed by atoms with van der Waals surface area (Å²) >= 11 is 0. The lowest BCUT2D eigenvalue weighted by molar-refractivity contribution is -0.914. The summed E-state index contributed by atoms with van der Waals surface area (Å²) in [5.41, 5.74) is -5.65. The highest BCUT2D eigenvalue weighted by Crippen LogP contribution is 2.20. The maximum atomic E-state index is 10.7. The first kappa shape index (κ1) is 18.7. The van der Waals surface area contributed by atoms with E-state index in [0.717, 1.165) is 0 Å². The topological polar surface area (TPSA) is 57.2 Å². The molecule has 1 rings (SSSR count). The van der Waals surface area contributed by atoms with Crippen LogP contribution in [0.4, 0.5) is 13.2 Å². The quantitative estimate of drug-likeness (QED) is 0.457. The molecule has 1 saturated heterocycles. The molecule has 0 aromatic rings. The first-order valence-electron chi connectivity index (χ1n) is 6.37. The number of likely N-dealkylation sites (tertiary alicyclic amines) is 1. The minimum Gasteiger partial charge on any atom is -0.741 e. The average Bonchev–Trinajstić information content (AvgIpc) is 2.26. The van der Waals surface area contributed by atoms with Gasteiger partial charge in [-0.3, -0.25) is 0 Å². The molecule has 4 nitrogen and oxygen atoms in total. The van der Waals surface area contributed by atoms with Crippen molar-refractivity contribution in [2.75, 3.05) is 26.7 Å². The Labute approximate surface area is 112 Å². The van der Waals surface area contributed by atoms with Gasteiger partial charge in [-0.05, 0) is 25.7 Å². The zero-order valence-corrected chi connectivity index (χ0v) is 12.2. The van der Waals surface area contributed by atoms with Gasteiger partial charge in [0, 0.05) is 0 Å². The van der Waals surface area contributed by atoms with Crippen molar-refractivity contribution in [2.45, 2.75) is 44.5 Å². The maximum absolute atomic E-state index is 10.7. The van der Waals surface area contributed by atoms with E-state index >= 15 is 0 Å². The Balaban J connectivity index is 0.000000362. The fourth-order valence-electron chi connectivity index (χ4n) is 2.04. The second-order valence-corrected chi connectivity index (χ2v) is 6.48. The monoisotopic (exact) mass is 305 g/mol. The van der Waals surface area contributed by atoms with E-state index in [2.05, 4.69) is 14.0 Å². The third-order valence-corrected chi connectivity index (χ3v) is 3.80. The lowest BCUT2D eigenvalue weighted by Gasteiger charge is -2.37. The van der Waals surface area contributed by atoms with Crippen molar-refractivity contribution in [1.82, 2.24) is 0 Å². The summed E-state index contributed by atoms with van der Waals surface area (Å²) in [5.74, 6) is 0. The number of quaternary nitrogens is 1. The molecule has 0 bridgehead atoms. The first-order chi connectivity index (χ1) is 8.52. The van der Waals surface area contributed by atoms with E-state index in [1.807, 2.05) is 0 Å². The van der Waals surface area contributed by atoms with Gasteiger partial charge in [0.25, 0.3) is 0 Å². The summed E-state index contributed by atoms with van der Waals surface area (Å²) in [7, 11) is -3.66. The molecule has 1 aliphatic heterocycles. The van der Waals surface area contributed by atoms with Crippen LogP contribution in [-0.2, 0) is 10.1 Å². The molecule has 1 aliphatic rings. The summed E-state index contributed by atoms with van der Waals surface area (Å²) in [6.07, 6.45) is 7.16. The number of hydrogen-bond donors (Lipinski definition) is 0. The van der Waals surface area contributed by atoms with Crippen LogP contribution >= 0.6 is 0 Å². The molecule has 0 saturated carbocycles. The molecule has 0 spiro atoms. The summed E-state index contributed by atoms with van der Waals surface area (Å²) in [4.78, 5) is 0. The van der Waals surface area contributed by atoms with E-state index in [4.69, 9.17) is 13.0 Å². The summed E-state index contributed by atoms with van der Waals surface area (Å²) in [6, 6.07) is 0. The molecule has 19 heavy (non-hydrogen) atoms. The molecule has 0 aromatic carbocycles. The highest BCUT2D eigenvalue weighted by molar-refractivity contribution is 7.86. The van der Waals surface area contributed by atoms with Crippen LogP contribution in [-0.4, -0.2) is 49.6 Å². The summed E-state index contributed by atoms with van der Waals surface area (Å²) in [5, 5.41) is 0. The predicted molar refractivity (Wildman–Crippen MR) is 65.3 cm³/mol. The fourth-order valence-corrected chi connectivity index (χ4v) is 2.04. The van der Waals surface area contributed by atoms with Crippen molar-refractivity contribution >= 4 is 10.1 Å². The minimum atomic E-state index is -6.09. The van der Waals surface area contributed by atoms with Crippen LogP contribution in [0, 0.1) is 0 Å². The van der Waals surface area contributed by atoms with E-state index < -0.39 is 15.6 Å². The normalized spacial score (nSPS) is 19.5. The number of hydrogen-bond acceptors (Lipinski definition) is 3. The van der Waals surface area contributed by atoms with Crippen molar-refractivity contribution in [1.29, 1.82) is 0 Å². The lowest BCUT2D eigenvalue weighted by atomic mass is 10.1. The lowest BCUT2D eigenvalue weighted by Crippen LogP contribution is -2.48. The standard InChI is InChI=1S/C10H22N.CHF3O3S/c1-3-4-8-11(2)9-6-5-7-10-11;2-1(3,4)8(5,6)7/h3-10H2,1-2H3;(H,5,6,7)/q+1;/p-1. The van der Waals surface area contributed by atoms with Gasteiger partial charge < -0.3 is 9.04 Å². The fraction of sp³-hybridized carbons (Fsp3) is 1.00. The third kappa shape index (κ3) is 7.74. The summed E-state index contributed by atoms with van der Waals surface area (Å²) in [6.45, 7) is 6.56. The number of piperidine rings is 1. The Hall–Kier alpha value is -0.340. The molecule has 1 heterocycles. The molecule has 0 unspecified atom stereocenters. The van der Waals surface area contributed by atoms with Crippen molar-refractivity contribution in [3.8, 4) is 0 Å². The molecule has 0 aliphatic carbocycles. The van der Waals surface area contributed by atoms with Crippen LogP contribution in [0.3, 0.4) is 0 Å². The molecule has 0 atom stereocenters. The van der Waals surface area contributed by atoms with Gasteiger partial charge in [0.05, 0.1) is 26.7 Å². The minimum absolute atomic E-state index is 1.36. The second-order valence-electron chi connectivity index (χ2n) is 5.10. The van der Waals surface area contributed by atoms with Crippen LogP contribution < -0.4 is 0 Å². The van der Waals surface area contributed by atoms with Gasteiger partial charge in [0.2, 0.25) is 0 Å². The van der Waals surface area contributed by atoms with Gasteiger partial charge in [0.15, 0.2) is 10.1 Å². The van der Waals surface area contributed by atoms with Gasteiger partial charge in [-0.15, -0.1) is 0 Å². The van der Waals surface area contributed by atoms with E-state index in [0.29, 0.717) is 0 Å². The van der Waals surface area contributed by atoms with Gasteiger partial charge >= 0.3 is 5.51 Å².